The number of aryl methyl sites for hydroxylation is 2. The van der Waals surface area contributed by atoms with Gasteiger partial charge in [-0.05, 0) is 44.2 Å². The predicted molar refractivity (Wildman–Crippen MR) is 86.4 cm³/mol. The fourth-order valence-electron chi connectivity index (χ4n) is 2.67. The molecule has 0 amide bonds. The largest absolute Gasteiger partial charge is 0.323 e. The van der Waals surface area contributed by atoms with E-state index in [0.29, 0.717) is 5.95 Å². The van der Waals surface area contributed by atoms with Crippen molar-refractivity contribution in [1.29, 1.82) is 0 Å². The molecule has 1 aromatic carbocycles. The number of nitrogens with zero attached hydrogens (tertiary/aromatic N) is 5. The maximum atomic E-state index is 4.54. The van der Waals surface area contributed by atoms with Gasteiger partial charge in [0.25, 0.3) is 0 Å². The van der Waals surface area contributed by atoms with Gasteiger partial charge in [0.15, 0.2) is 5.65 Å². The minimum absolute atomic E-state index is 0.588. The molecule has 0 spiro atoms. The lowest BCUT2D eigenvalue weighted by Gasteiger charge is -2.03. The van der Waals surface area contributed by atoms with Crippen LogP contribution in [0, 0.1) is 6.92 Å². The van der Waals surface area contributed by atoms with Crippen molar-refractivity contribution in [2.75, 3.05) is 5.32 Å². The second kappa shape index (κ2) is 4.84. The predicted octanol–water partition coefficient (Wildman–Crippen LogP) is 3.15. The number of hydrogen-bond donors (Lipinski definition) is 1. The van der Waals surface area contributed by atoms with Crippen LogP contribution in [0.1, 0.15) is 12.6 Å². The summed E-state index contributed by atoms with van der Waals surface area (Å²) in [6, 6.07) is 12.0. The summed E-state index contributed by atoms with van der Waals surface area (Å²) in [6.07, 6.45) is 1.88. The molecule has 22 heavy (non-hydrogen) atoms. The minimum Gasteiger partial charge on any atom is -0.323 e. The summed E-state index contributed by atoms with van der Waals surface area (Å²) in [7, 11) is 0. The number of pyridine rings is 1. The van der Waals surface area contributed by atoms with Crippen LogP contribution in [0.25, 0.3) is 16.6 Å². The molecule has 0 fully saturated rings. The Morgan fingerprint density at radius 2 is 2.05 bits per heavy atom. The molecule has 0 aliphatic heterocycles. The molecular weight excluding hydrogens is 276 g/mol. The SMILES string of the molecule is CCn1nc(C)c2ccc(Nc3nc4ccccn4n3)cc21. The fourth-order valence-corrected chi connectivity index (χ4v) is 2.67. The molecule has 0 aliphatic carbocycles. The van der Waals surface area contributed by atoms with Gasteiger partial charge in [-0.15, -0.1) is 5.10 Å². The lowest BCUT2D eigenvalue weighted by atomic mass is 10.2. The molecule has 0 bridgehead atoms. The van der Waals surface area contributed by atoms with E-state index in [0.717, 1.165) is 29.1 Å². The van der Waals surface area contributed by atoms with Gasteiger partial charge in [0.2, 0.25) is 5.95 Å². The molecule has 3 heterocycles. The molecule has 0 saturated heterocycles. The van der Waals surface area contributed by atoms with Gasteiger partial charge in [-0.3, -0.25) is 4.68 Å². The Hall–Kier alpha value is -2.89. The van der Waals surface area contributed by atoms with Gasteiger partial charge in [-0.1, -0.05) is 6.07 Å². The van der Waals surface area contributed by atoms with Crippen LogP contribution in [0.5, 0.6) is 0 Å². The highest BCUT2D eigenvalue weighted by Gasteiger charge is 2.08. The van der Waals surface area contributed by atoms with E-state index >= 15 is 0 Å². The molecule has 0 radical (unpaired) electrons. The zero-order chi connectivity index (χ0) is 15.1. The lowest BCUT2D eigenvalue weighted by molar-refractivity contribution is 0.676. The van der Waals surface area contributed by atoms with Crippen LogP contribution in [0.3, 0.4) is 0 Å². The standard InChI is InChI=1S/C16H16N6/c1-3-21-14-10-12(7-8-13(14)11(2)19-21)17-16-18-15-6-4-5-9-22(15)20-16/h4-10H,3H2,1-2H3,(H,17,20). The van der Waals surface area contributed by atoms with Gasteiger partial charge in [0, 0.05) is 23.8 Å². The maximum absolute atomic E-state index is 4.54. The molecule has 110 valence electrons. The Morgan fingerprint density at radius 3 is 2.86 bits per heavy atom. The van der Waals surface area contributed by atoms with Crippen LogP contribution >= 0.6 is 0 Å². The minimum atomic E-state index is 0.588. The summed E-state index contributed by atoms with van der Waals surface area (Å²) in [6.45, 7) is 4.97. The second-order valence-electron chi connectivity index (χ2n) is 5.20. The van der Waals surface area contributed by atoms with Crippen molar-refractivity contribution in [3.63, 3.8) is 0 Å². The van der Waals surface area contributed by atoms with E-state index in [-0.39, 0.29) is 0 Å². The van der Waals surface area contributed by atoms with Gasteiger partial charge in [-0.2, -0.15) is 10.1 Å². The lowest BCUT2D eigenvalue weighted by Crippen LogP contribution is -1.97. The average Bonchev–Trinajstić information content (AvgIpc) is 3.07. The molecule has 0 atom stereocenters. The van der Waals surface area contributed by atoms with Crippen LogP contribution in [0.2, 0.25) is 0 Å². The summed E-state index contributed by atoms with van der Waals surface area (Å²) in [5, 5.41) is 13.4. The fraction of sp³-hybridized carbons (Fsp3) is 0.188. The van der Waals surface area contributed by atoms with Gasteiger partial charge in [0.1, 0.15) is 0 Å². The third-order valence-corrected chi connectivity index (χ3v) is 3.73. The highest BCUT2D eigenvalue weighted by Crippen LogP contribution is 2.23. The molecule has 1 N–H and O–H groups in total. The molecular formula is C16H16N6. The third kappa shape index (κ3) is 2.00. The molecule has 6 nitrogen and oxygen atoms in total. The van der Waals surface area contributed by atoms with Crippen molar-refractivity contribution in [2.24, 2.45) is 0 Å². The number of hydrogen-bond acceptors (Lipinski definition) is 4. The van der Waals surface area contributed by atoms with Crippen molar-refractivity contribution in [2.45, 2.75) is 20.4 Å². The number of nitrogens with one attached hydrogen (secondary N) is 1. The van der Waals surface area contributed by atoms with E-state index in [2.05, 4.69) is 39.6 Å². The molecule has 4 aromatic rings. The Morgan fingerprint density at radius 1 is 1.14 bits per heavy atom. The topological polar surface area (TPSA) is 60.0 Å². The van der Waals surface area contributed by atoms with Crippen molar-refractivity contribution >= 4 is 28.2 Å². The average molecular weight is 292 g/mol. The van der Waals surface area contributed by atoms with Gasteiger partial charge in [-0.25, -0.2) is 4.52 Å². The Kier molecular flexibility index (Phi) is 2.82. The first-order valence-corrected chi connectivity index (χ1v) is 7.30. The van der Waals surface area contributed by atoms with Crippen LogP contribution in [0.15, 0.2) is 42.6 Å². The third-order valence-electron chi connectivity index (χ3n) is 3.73. The van der Waals surface area contributed by atoms with Crippen molar-refractivity contribution in [1.82, 2.24) is 24.4 Å². The smallest absolute Gasteiger partial charge is 0.247 e. The van der Waals surface area contributed by atoms with E-state index < -0.39 is 0 Å². The normalized spacial score (nSPS) is 11.4. The Labute approximate surface area is 127 Å². The molecule has 0 unspecified atom stereocenters. The summed E-state index contributed by atoms with van der Waals surface area (Å²) < 4.78 is 3.76. The summed E-state index contributed by atoms with van der Waals surface area (Å²) in [4.78, 5) is 4.45. The Bertz CT molecular complexity index is 932. The van der Waals surface area contributed by atoms with E-state index in [4.69, 9.17) is 0 Å². The van der Waals surface area contributed by atoms with Crippen molar-refractivity contribution < 1.29 is 0 Å². The monoisotopic (exact) mass is 292 g/mol. The molecule has 4 rings (SSSR count). The van der Waals surface area contributed by atoms with Gasteiger partial charge >= 0.3 is 0 Å². The van der Waals surface area contributed by atoms with Crippen LogP contribution < -0.4 is 5.32 Å². The first-order valence-electron chi connectivity index (χ1n) is 7.30. The van der Waals surface area contributed by atoms with Crippen molar-refractivity contribution in [3.8, 4) is 0 Å². The summed E-state index contributed by atoms with van der Waals surface area (Å²) in [5.74, 6) is 0.588. The van der Waals surface area contributed by atoms with E-state index in [1.165, 1.54) is 5.39 Å². The number of benzene rings is 1. The van der Waals surface area contributed by atoms with Crippen LogP contribution in [0.4, 0.5) is 11.6 Å². The second-order valence-corrected chi connectivity index (χ2v) is 5.20. The van der Waals surface area contributed by atoms with E-state index in [1.54, 1.807) is 4.52 Å². The zero-order valence-electron chi connectivity index (χ0n) is 12.5. The summed E-state index contributed by atoms with van der Waals surface area (Å²) in [5.41, 5.74) is 3.95. The van der Waals surface area contributed by atoms with Gasteiger partial charge in [0.05, 0.1) is 11.2 Å². The first kappa shape index (κ1) is 12.8. The number of anilines is 2. The quantitative estimate of drug-likeness (QED) is 0.630. The summed E-state index contributed by atoms with van der Waals surface area (Å²) >= 11 is 0. The highest BCUT2D eigenvalue weighted by molar-refractivity contribution is 5.85. The molecule has 3 aromatic heterocycles. The van der Waals surface area contributed by atoms with E-state index in [9.17, 15) is 0 Å². The van der Waals surface area contributed by atoms with Crippen molar-refractivity contribution in [3.05, 3.63) is 48.3 Å². The number of aromatic nitrogens is 5. The van der Waals surface area contributed by atoms with Gasteiger partial charge < -0.3 is 5.32 Å². The molecule has 0 saturated carbocycles. The number of rotatable bonds is 3. The molecule has 0 aliphatic rings. The zero-order valence-corrected chi connectivity index (χ0v) is 12.5. The van der Waals surface area contributed by atoms with E-state index in [1.807, 2.05) is 42.1 Å². The maximum Gasteiger partial charge on any atom is 0.247 e. The highest BCUT2D eigenvalue weighted by atomic mass is 15.3. The molecule has 6 heteroatoms. The Balaban J connectivity index is 1.74. The van der Waals surface area contributed by atoms with Crippen LogP contribution in [-0.2, 0) is 6.54 Å². The first-order chi connectivity index (χ1) is 10.7. The number of fused-ring (bicyclic) bond motifs is 2. The van der Waals surface area contributed by atoms with Crippen LogP contribution in [-0.4, -0.2) is 24.4 Å².